The lowest BCUT2D eigenvalue weighted by atomic mass is 10.0. The van der Waals surface area contributed by atoms with E-state index in [2.05, 4.69) is 27.7 Å². The Morgan fingerprint density at radius 1 is 1.25 bits per heavy atom. The second-order valence-electron chi connectivity index (χ2n) is 6.12. The van der Waals surface area contributed by atoms with E-state index in [1.807, 2.05) is 11.3 Å². The van der Waals surface area contributed by atoms with Crippen molar-refractivity contribution in [3.05, 3.63) is 22.4 Å². The second-order valence-corrected chi connectivity index (χ2v) is 7.15. The van der Waals surface area contributed by atoms with Gasteiger partial charge in [-0.05, 0) is 42.5 Å². The lowest BCUT2D eigenvalue weighted by Crippen LogP contribution is -2.31. The first-order valence-corrected chi connectivity index (χ1v) is 8.72. The number of rotatable bonds is 6. The summed E-state index contributed by atoms with van der Waals surface area (Å²) in [7, 11) is 0. The minimum atomic E-state index is 0.385. The minimum absolute atomic E-state index is 0.385. The Bertz CT molecular complexity index is 420. The van der Waals surface area contributed by atoms with E-state index in [1.54, 1.807) is 0 Å². The Morgan fingerprint density at radius 2 is 2.05 bits per heavy atom. The molecule has 2 fully saturated rings. The van der Waals surface area contributed by atoms with Crippen LogP contribution in [0, 0.1) is 11.8 Å². The lowest BCUT2D eigenvalue weighted by Gasteiger charge is -2.17. The zero-order valence-corrected chi connectivity index (χ0v) is 12.8. The summed E-state index contributed by atoms with van der Waals surface area (Å²) in [5.74, 6) is 1.83. The molecular formula is C16H24N2OS. The molecule has 0 spiro atoms. The molecule has 3 rings (SSSR count). The summed E-state index contributed by atoms with van der Waals surface area (Å²) in [6.07, 6.45) is 5.35. The van der Waals surface area contributed by atoms with Crippen LogP contribution >= 0.6 is 11.3 Å². The van der Waals surface area contributed by atoms with Gasteiger partial charge in [-0.3, -0.25) is 4.79 Å². The first kappa shape index (κ1) is 14.1. The molecule has 2 saturated heterocycles. The van der Waals surface area contributed by atoms with Gasteiger partial charge in [-0.25, -0.2) is 0 Å². The van der Waals surface area contributed by atoms with Gasteiger partial charge in [0.1, 0.15) is 0 Å². The van der Waals surface area contributed by atoms with E-state index in [9.17, 15) is 4.79 Å². The summed E-state index contributed by atoms with van der Waals surface area (Å²) in [4.78, 5) is 15.8. The van der Waals surface area contributed by atoms with Crippen molar-refractivity contribution in [3.63, 3.8) is 0 Å². The van der Waals surface area contributed by atoms with E-state index in [-0.39, 0.29) is 0 Å². The summed E-state index contributed by atoms with van der Waals surface area (Å²) >= 11 is 1.84. The number of likely N-dealkylation sites (tertiary alicyclic amines) is 1. The summed E-state index contributed by atoms with van der Waals surface area (Å²) in [6, 6.07) is 4.31. The zero-order valence-electron chi connectivity index (χ0n) is 12.0. The summed E-state index contributed by atoms with van der Waals surface area (Å²) in [5.41, 5.74) is 0. The maximum Gasteiger partial charge on any atom is 0.222 e. The molecule has 0 bridgehead atoms. The fourth-order valence-corrected chi connectivity index (χ4v) is 4.18. The van der Waals surface area contributed by atoms with Gasteiger partial charge < -0.3 is 10.2 Å². The molecule has 1 aromatic heterocycles. The summed E-state index contributed by atoms with van der Waals surface area (Å²) in [5, 5.41) is 5.56. The number of carbonyl (C=O) groups is 1. The van der Waals surface area contributed by atoms with Crippen molar-refractivity contribution in [1.82, 2.24) is 10.2 Å². The number of amides is 1. The monoisotopic (exact) mass is 292 g/mol. The van der Waals surface area contributed by atoms with Crippen LogP contribution in [0.25, 0.3) is 0 Å². The third kappa shape index (κ3) is 3.41. The number of unbranched alkanes of at least 4 members (excludes halogenated alkanes) is 2. The molecule has 20 heavy (non-hydrogen) atoms. The van der Waals surface area contributed by atoms with Crippen molar-refractivity contribution in [1.29, 1.82) is 0 Å². The van der Waals surface area contributed by atoms with E-state index in [0.29, 0.717) is 5.91 Å². The van der Waals surface area contributed by atoms with Crippen molar-refractivity contribution < 1.29 is 4.79 Å². The van der Waals surface area contributed by atoms with E-state index >= 15 is 0 Å². The zero-order chi connectivity index (χ0) is 13.8. The average Bonchev–Trinajstić information content (AvgIpc) is 3.14. The van der Waals surface area contributed by atoms with Gasteiger partial charge in [-0.15, -0.1) is 11.3 Å². The van der Waals surface area contributed by atoms with Crippen LogP contribution in [0.15, 0.2) is 17.5 Å². The van der Waals surface area contributed by atoms with Crippen molar-refractivity contribution in [3.8, 4) is 0 Å². The largest absolute Gasteiger partial charge is 0.342 e. The number of fused-ring (bicyclic) bond motifs is 1. The number of thiophene rings is 1. The molecule has 4 heteroatoms. The molecule has 2 aliphatic heterocycles. The van der Waals surface area contributed by atoms with Crippen molar-refractivity contribution in [2.75, 3.05) is 26.2 Å². The number of nitrogens with zero attached hydrogens (tertiary/aromatic N) is 1. The highest BCUT2D eigenvalue weighted by molar-refractivity contribution is 7.09. The highest BCUT2D eigenvalue weighted by Gasteiger charge is 2.37. The van der Waals surface area contributed by atoms with Gasteiger partial charge in [0.25, 0.3) is 0 Å². The van der Waals surface area contributed by atoms with Crippen molar-refractivity contribution in [2.24, 2.45) is 11.8 Å². The molecule has 0 unspecified atom stereocenters. The molecule has 1 amide bonds. The quantitative estimate of drug-likeness (QED) is 0.817. The number of aryl methyl sites for hydroxylation is 1. The molecule has 2 aliphatic rings. The molecule has 0 radical (unpaired) electrons. The van der Waals surface area contributed by atoms with Gasteiger partial charge in [0.05, 0.1) is 0 Å². The molecule has 0 aliphatic carbocycles. The maximum atomic E-state index is 12.2. The highest BCUT2D eigenvalue weighted by Crippen LogP contribution is 2.26. The fourth-order valence-electron chi connectivity index (χ4n) is 3.42. The topological polar surface area (TPSA) is 32.3 Å². The average molecular weight is 292 g/mol. The molecule has 110 valence electrons. The molecule has 0 aromatic carbocycles. The van der Waals surface area contributed by atoms with E-state index in [1.165, 1.54) is 24.1 Å². The lowest BCUT2D eigenvalue weighted by molar-refractivity contribution is -0.130. The van der Waals surface area contributed by atoms with Crippen molar-refractivity contribution >= 4 is 17.2 Å². The predicted molar refractivity (Wildman–Crippen MR) is 82.9 cm³/mol. The van der Waals surface area contributed by atoms with Crippen molar-refractivity contribution in [2.45, 2.75) is 32.1 Å². The number of carbonyl (C=O) groups excluding carboxylic acids is 1. The number of hydrogen-bond acceptors (Lipinski definition) is 3. The first-order chi connectivity index (χ1) is 9.83. The minimum Gasteiger partial charge on any atom is -0.342 e. The molecule has 3 heterocycles. The maximum absolute atomic E-state index is 12.2. The molecule has 3 nitrogen and oxygen atoms in total. The van der Waals surface area contributed by atoms with Gasteiger partial charge >= 0.3 is 0 Å². The van der Waals surface area contributed by atoms with Crippen LogP contribution in [-0.4, -0.2) is 37.0 Å². The highest BCUT2D eigenvalue weighted by atomic mass is 32.1. The fraction of sp³-hybridized carbons (Fsp3) is 0.688. The number of hydrogen-bond donors (Lipinski definition) is 1. The first-order valence-electron chi connectivity index (χ1n) is 7.84. The van der Waals surface area contributed by atoms with E-state index < -0.39 is 0 Å². The molecule has 0 saturated carbocycles. The van der Waals surface area contributed by atoms with Gasteiger partial charge in [-0.2, -0.15) is 0 Å². The summed E-state index contributed by atoms with van der Waals surface area (Å²) in [6.45, 7) is 4.20. The normalized spacial score (nSPS) is 25.1. The molecule has 2 atom stereocenters. The Kier molecular flexibility index (Phi) is 4.73. The molecule has 1 N–H and O–H groups in total. The number of nitrogens with one attached hydrogen (secondary N) is 1. The third-order valence-electron chi connectivity index (χ3n) is 4.64. The standard InChI is InChI=1S/C16H24N2OS/c19-16(18-11-13-9-17-10-14(13)12-18)7-3-1-2-5-15-6-4-8-20-15/h4,6,8,13-14,17H,1-3,5,7,9-12H2/t13-,14+. The van der Waals surface area contributed by atoms with E-state index in [0.717, 1.165) is 50.9 Å². The smallest absolute Gasteiger partial charge is 0.222 e. The molecule has 1 aromatic rings. The second kappa shape index (κ2) is 6.72. The van der Waals surface area contributed by atoms with Gasteiger partial charge in [0, 0.05) is 37.5 Å². The van der Waals surface area contributed by atoms with Gasteiger partial charge in [0.2, 0.25) is 5.91 Å². The van der Waals surface area contributed by atoms with Crippen LogP contribution in [0.5, 0.6) is 0 Å². The third-order valence-corrected chi connectivity index (χ3v) is 5.57. The van der Waals surface area contributed by atoms with Gasteiger partial charge in [0.15, 0.2) is 0 Å². The van der Waals surface area contributed by atoms with Crippen LogP contribution < -0.4 is 5.32 Å². The van der Waals surface area contributed by atoms with Crippen LogP contribution in [0.2, 0.25) is 0 Å². The Balaban J connectivity index is 1.30. The van der Waals surface area contributed by atoms with Crippen LogP contribution in [0.1, 0.15) is 30.6 Å². The Labute approximate surface area is 125 Å². The van der Waals surface area contributed by atoms with E-state index in [4.69, 9.17) is 0 Å². The van der Waals surface area contributed by atoms with Crippen LogP contribution in [0.4, 0.5) is 0 Å². The Hall–Kier alpha value is -0.870. The van der Waals surface area contributed by atoms with Crippen LogP contribution in [-0.2, 0) is 11.2 Å². The van der Waals surface area contributed by atoms with Gasteiger partial charge in [-0.1, -0.05) is 12.5 Å². The van der Waals surface area contributed by atoms with Crippen LogP contribution in [0.3, 0.4) is 0 Å². The SMILES string of the molecule is O=C(CCCCCc1cccs1)N1C[C@H]2CNC[C@H]2C1. The predicted octanol–water partition coefficient (Wildman–Crippen LogP) is 2.53. The summed E-state index contributed by atoms with van der Waals surface area (Å²) < 4.78 is 0. The Morgan fingerprint density at radius 3 is 2.75 bits per heavy atom. The molecular weight excluding hydrogens is 268 g/mol.